The summed E-state index contributed by atoms with van der Waals surface area (Å²) >= 11 is 0. The van der Waals surface area contributed by atoms with Crippen molar-refractivity contribution >= 4 is 11.9 Å². The van der Waals surface area contributed by atoms with Crippen molar-refractivity contribution in [3.05, 3.63) is 11.9 Å². The number of hydrogen-bond donors (Lipinski definition) is 1. The first-order valence-corrected chi connectivity index (χ1v) is 4.09. The van der Waals surface area contributed by atoms with Gasteiger partial charge in [0.25, 0.3) is 0 Å². The van der Waals surface area contributed by atoms with Crippen molar-refractivity contribution in [2.45, 2.75) is 0 Å². The molecule has 0 spiro atoms. The predicted octanol–water partition coefficient (Wildman–Crippen LogP) is -0.560. The summed E-state index contributed by atoms with van der Waals surface area (Å²) in [5, 5.41) is 9.39. The zero-order valence-corrected chi connectivity index (χ0v) is 7.27. The van der Waals surface area contributed by atoms with Crippen molar-refractivity contribution in [3.8, 4) is 0 Å². The van der Waals surface area contributed by atoms with Gasteiger partial charge in [0, 0.05) is 0 Å². The van der Waals surface area contributed by atoms with Gasteiger partial charge in [-0.2, -0.15) is 0 Å². The van der Waals surface area contributed by atoms with Gasteiger partial charge in [-0.15, -0.1) is 5.10 Å². The Bertz CT molecular complexity index is 348. The molecule has 2 rings (SSSR count). The Labute approximate surface area is 79.0 Å². The van der Waals surface area contributed by atoms with Crippen molar-refractivity contribution in [1.29, 1.82) is 0 Å². The molecule has 1 saturated heterocycles. The molecule has 0 saturated carbocycles. The largest absolute Gasteiger partial charge is 0.448 e. The van der Waals surface area contributed by atoms with E-state index in [1.165, 1.54) is 11.1 Å². The lowest BCUT2D eigenvalue weighted by Gasteiger charge is -2.09. The van der Waals surface area contributed by atoms with E-state index in [1.807, 2.05) is 0 Å². The predicted molar refractivity (Wildman–Crippen MR) is 43.6 cm³/mol. The Morgan fingerprint density at radius 2 is 2.57 bits per heavy atom. The standard InChI is InChI=1S/C7H8N4O3/c12-6(5-3-8-10-9-5)4-11-1-2-14-7(11)13/h3H,1-2,4H2,(H,8,9,10). The highest BCUT2D eigenvalue weighted by molar-refractivity contribution is 5.97. The minimum Gasteiger partial charge on any atom is -0.448 e. The smallest absolute Gasteiger partial charge is 0.410 e. The quantitative estimate of drug-likeness (QED) is 0.654. The average Bonchev–Trinajstić information content (AvgIpc) is 2.77. The number of carbonyl (C=O) groups is 2. The van der Waals surface area contributed by atoms with Crippen LogP contribution in [0.15, 0.2) is 6.20 Å². The Morgan fingerprint density at radius 1 is 1.71 bits per heavy atom. The second-order valence-electron chi connectivity index (χ2n) is 2.82. The van der Waals surface area contributed by atoms with Gasteiger partial charge in [-0.1, -0.05) is 5.21 Å². The summed E-state index contributed by atoms with van der Waals surface area (Å²) in [6.45, 7) is 0.777. The molecule has 1 aromatic rings. The van der Waals surface area contributed by atoms with E-state index >= 15 is 0 Å². The van der Waals surface area contributed by atoms with Gasteiger partial charge >= 0.3 is 6.09 Å². The fourth-order valence-electron chi connectivity index (χ4n) is 1.16. The van der Waals surface area contributed by atoms with E-state index in [9.17, 15) is 9.59 Å². The lowest BCUT2D eigenvalue weighted by atomic mass is 10.3. The number of Topliss-reactive ketones (excluding diaryl/α,β-unsaturated/α-hetero) is 1. The van der Waals surface area contributed by atoms with Crippen molar-refractivity contribution < 1.29 is 14.3 Å². The highest BCUT2D eigenvalue weighted by Crippen LogP contribution is 2.04. The topological polar surface area (TPSA) is 88.2 Å². The molecule has 2 heterocycles. The fraction of sp³-hybridized carbons (Fsp3) is 0.429. The summed E-state index contributed by atoms with van der Waals surface area (Å²) in [7, 11) is 0. The number of ether oxygens (including phenoxy) is 1. The molecule has 0 radical (unpaired) electrons. The minimum atomic E-state index is -0.457. The Hall–Kier alpha value is -1.92. The van der Waals surface area contributed by atoms with E-state index in [4.69, 9.17) is 0 Å². The summed E-state index contributed by atoms with van der Waals surface area (Å²) in [6, 6.07) is 0. The van der Waals surface area contributed by atoms with Gasteiger partial charge in [0.05, 0.1) is 19.3 Å². The summed E-state index contributed by atoms with van der Waals surface area (Å²) in [6.07, 6.45) is 0.936. The van der Waals surface area contributed by atoms with E-state index in [2.05, 4.69) is 20.1 Å². The number of carbonyl (C=O) groups excluding carboxylic acids is 2. The normalized spacial score (nSPS) is 15.7. The maximum absolute atomic E-state index is 11.4. The van der Waals surface area contributed by atoms with Crippen LogP contribution >= 0.6 is 0 Å². The van der Waals surface area contributed by atoms with Gasteiger partial charge in [-0.25, -0.2) is 4.79 Å². The number of hydrogen-bond acceptors (Lipinski definition) is 5. The first-order valence-electron chi connectivity index (χ1n) is 4.09. The van der Waals surface area contributed by atoms with E-state index in [0.29, 0.717) is 13.2 Å². The molecule has 0 unspecified atom stereocenters. The van der Waals surface area contributed by atoms with Crippen LogP contribution in [0, 0.1) is 0 Å². The molecule has 0 bridgehead atoms. The number of aromatic amines is 1. The highest BCUT2D eigenvalue weighted by atomic mass is 16.6. The van der Waals surface area contributed by atoms with Crippen LogP contribution in [0.4, 0.5) is 4.79 Å². The van der Waals surface area contributed by atoms with Crippen molar-refractivity contribution in [2.24, 2.45) is 0 Å². The van der Waals surface area contributed by atoms with Gasteiger partial charge in [0.1, 0.15) is 12.3 Å². The second kappa shape index (κ2) is 3.44. The van der Waals surface area contributed by atoms with Crippen molar-refractivity contribution in [1.82, 2.24) is 20.3 Å². The number of H-pyrrole nitrogens is 1. The monoisotopic (exact) mass is 196 g/mol. The van der Waals surface area contributed by atoms with Crippen molar-refractivity contribution in [2.75, 3.05) is 19.7 Å². The summed E-state index contributed by atoms with van der Waals surface area (Å²) in [4.78, 5) is 23.8. The molecule has 0 aliphatic carbocycles. The number of rotatable bonds is 3. The molecule has 7 heteroatoms. The van der Waals surface area contributed by atoms with Crippen LogP contribution < -0.4 is 0 Å². The molecule has 7 nitrogen and oxygen atoms in total. The second-order valence-corrected chi connectivity index (χ2v) is 2.82. The van der Waals surface area contributed by atoms with Gasteiger partial charge in [-0.3, -0.25) is 14.8 Å². The van der Waals surface area contributed by atoms with E-state index in [0.717, 1.165) is 0 Å². The summed E-state index contributed by atoms with van der Waals surface area (Å²) in [5.41, 5.74) is 0.227. The SMILES string of the molecule is O=C(CN1CCOC1=O)c1c[nH]nn1. The lowest BCUT2D eigenvalue weighted by Crippen LogP contribution is -2.30. The minimum absolute atomic E-state index is 0.00856. The maximum atomic E-state index is 11.4. The van der Waals surface area contributed by atoms with Crippen LogP contribution in [0.3, 0.4) is 0 Å². The molecule has 1 fully saturated rings. The van der Waals surface area contributed by atoms with Crippen LogP contribution in [0.5, 0.6) is 0 Å². The highest BCUT2D eigenvalue weighted by Gasteiger charge is 2.25. The van der Waals surface area contributed by atoms with E-state index in [1.54, 1.807) is 0 Å². The number of aromatic nitrogens is 3. The maximum Gasteiger partial charge on any atom is 0.410 e. The molecule has 1 aromatic heterocycles. The molecule has 0 atom stereocenters. The number of cyclic esters (lactones) is 1. The average molecular weight is 196 g/mol. The molecule has 14 heavy (non-hydrogen) atoms. The molecule has 1 aliphatic heterocycles. The lowest BCUT2D eigenvalue weighted by molar-refractivity contribution is 0.0939. The first-order chi connectivity index (χ1) is 6.77. The third-order valence-electron chi connectivity index (χ3n) is 1.88. The molecular formula is C7H8N4O3. The van der Waals surface area contributed by atoms with Crippen LogP contribution in [0.2, 0.25) is 0 Å². The van der Waals surface area contributed by atoms with Gasteiger partial charge in [0.15, 0.2) is 0 Å². The fourth-order valence-corrected chi connectivity index (χ4v) is 1.16. The van der Waals surface area contributed by atoms with Gasteiger partial charge in [0.2, 0.25) is 5.78 Å². The van der Waals surface area contributed by atoms with Gasteiger partial charge in [-0.05, 0) is 0 Å². The van der Waals surface area contributed by atoms with Crippen LogP contribution in [0.1, 0.15) is 10.5 Å². The number of nitrogens with one attached hydrogen (secondary N) is 1. The molecule has 74 valence electrons. The number of nitrogens with zero attached hydrogens (tertiary/aromatic N) is 3. The summed E-state index contributed by atoms with van der Waals surface area (Å²) in [5.74, 6) is -0.252. The van der Waals surface area contributed by atoms with E-state index in [-0.39, 0.29) is 18.0 Å². The van der Waals surface area contributed by atoms with E-state index < -0.39 is 6.09 Å². The van der Waals surface area contributed by atoms with Crippen LogP contribution in [0.25, 0.3) is 0 Å². The number of ketones is 1. The van der Waals surface area contributed by atoms with Crippen LogP contribution in [-0.2, 0) is 4.74 Å². The Balaban J connectivity index is 1.98. The third-order valence-corrected chi connectivity index (χ3v) is 1.88. The molecular weight excluding hydrogens is 188 g/mol. The molecule has 1 amide bonds. The first kappa shape index (κ1) is 8.67. The molecule has 1 N–H and O–H groups in total. The Kier molecular flexibility index (Phi) is 2.13. The van der Waals surface area contributed by atoms with Crippen LogP contribution in [-0.4, -0.2) is 51.9 Å². The van der Waals surface area contributed by atoms with Crippen molar-refractivity contribution in [3.63, 3.8) is 0 Å². The zero-order chi connectivity index (χ0) is 9.97. The zero-order valence-electron chi connectivity index (χ0n) is 7.27. The summed E-state index contributed by atoms with van der Waals surface area (Å²) < 4.78 is 4.67. The number of amides is 1. The molecule has 0 aromatic carbocycles. The third kappa shape index (κ3) is 1.56. The Morgan fingerprint density at radius 3 is 3.14 bits per heavy atom. The van der Waals surface area contributed by atoms with Gasteiger partial charge < -0.3 is 4.74 Å². The molecule has 1 aliphatic rings.